The molecule has 0 aromatic heterocycles. The molecule has 0 spiro atoms. The Hall–Kier alpha value is -2.35. The van der Waals surface area contributed by atoms with Gasteiger partial charge < -0.3 is 0 Å². The predicted octanol–water partition coefficient (Wildman–Crippen LogP) is 5.00. The van der Waals surface area contributed by atoms with Crippen LogP contribution in [0, 0.1) is 0 Å². The molecule has 0 aliphatic heterocycles. The van der Waals surface area contributed by atoms with Crippen LogP contribution in [0.1, 0.15) is 6.42 Å². The Bertz CT molecular complexity index is 1100. The molecule has 0 fully saturated rings. The van der Waals surface area contributed by atoms with Crippen LogP contribution in [0.3, 0.4) is 0 Å². The van der Waals surface area contributed by atoms with Gasteiger partial charge in [0.1, 0.15) is 0 Å². The van der Waals surface area contributed by atoms with Crippen molar-refractivity contribution in [2.24, 2.45) is 0 Å². The highest BCUT2D eigenvalue weighted by Gasteiger charge is 2.38. The first-order valence-electron chi connectivity index (χ1n) is 9.33. The summed E-state index contributed by atoms with van der Waals surface area (Å²) in [6.07, 6.45) is 3.33. The van der Waals surface area contributed by atoms with Crippen LogP contribution in [0.25, 0.3) is 0 Å². The maximum Gasteiger partial charge on any atom is 0.196 e. The summed E-state index contributed by atoms with van der Waals surface area (Å²) in [5, 5.41) is 0. The van der Waals surface area contributed by atoms with Crippen molar-refractivity contribution in [2.45, 2.75) is 25.7 Å². The summed E-state index contributed by atoms with van der Waals surface area (Å²) in [4.78, 5) is 1.09. The van der Waals surface area contributed by atoms with Crippen molar-refractivity contribution in [1.29, 1.82) is 0 Å². The zero-order chi connectivity index (χ0) is 21.5. The second-order valence-electron chi connectivity index (χ2n) is 6.48. The van der Waals surface area contributed by atoms with E-state index in [1.807, 2.05) is 36.4 Å². The fourth-order valence-electron chi connectivity index (χ4n) is 2.88. The molecule has 0 amide bonds. The van der Waals surface area contributed by atoms with E-state index in [9.17, 15) is 16.8 Å². The van der Waals surface area contributed by atoms with Crippen molar-refractivity contribution in [1.82, 2.24) is 0 Å². The Balaban J connectivity index is 1.86. The van der Waals surface area contributed by atoms with Gasteiger partial charge in [-0.1, -0.05) is 66.7 Å². The number of thioether (sulfide) groups is 1. The molecule has 0 aliphatic carbocycles. The number of rotatable bonds is 9. The highest BCUT2D eigenvalue weighted by Crippen LogP contribution is 2.28. The van der Waals surface area contributed by atoms with Crippen molar-refractivity contribution < 1.29 is 16.8 Å². The van der Waals surface area contributed by atoms with Gasteiger partial charge in [0, 0.05) is 10.6 Å². The number of hydrogen-bond donors (Lipinski definition) is 0. The summed E-state index contributed by atoms with van der Waals surface area (Å²) in [6.45, 7) is 0. The van der Waals surface area contributed by atoms with Gasteiger partial charge in [0.25, 0.3) is 0 Å². The van der Waals surface area contributed by atoms with Gasteiger partial charge >= 0.3 is 0 Å². The minimum Gasteiger partial charge on any atom is -0.222 e. The molecular weight excluding hydrogens is 436 g/mol. The van der Waals surface area contributed by atoms with E-state index in [1.165, 1.54) is 24.3 Å². The van der Waals surface area contributed by atoms with Crippen LogP contribution in [-0.2, 0) is 19.7 Å². The summed E-state index contributed by atoms with van der Waals surface area (Å²) in [7, 11) is -8.18. The molecule has 4 nitrogen and oxygen atoms in total. The van der Waals surface area contributed by atoms with Gasteiger partial charge in [0.2, 0.25) is 0 Å². The van der Waals surface area contributed by atoms with Gasteiger partial charge in [-0.05, 0) is 42.8 Å². The van der Waals surface area contributed by atoms with Crippen LogP contribution in [0.15, 0.2) is 118 Å². The number of hydrogen-bond acceptors (Lipinski definition) is 5. The van der Waals surface area contributed by atoms with E-state index in [4.69, 9.17) is 0 Å². The molecule has 0 atom stereocenters. The van der Waals surface area contributed by atoms with Crippen molar-refractivity contribution in [3.63, 3.8) is 0 Å². The van der Waals surface area contributed by atoms with E-state index in [2.05, 4.69) is 0 Å². The lowest BCUT2D eigenvalue weighted by Crippen LogP contribution is -2.30. The summed E-state index contributed by atoms with van der Waals surface area (Å²) < 4.78 is 51.3. The maximum absolute atomic E-state index is 13.2. The van der Waals surface area contributed by atoms with Gasteiger partial charge in [-0.25, -0.2) is 16.8 Å². The molecule has 0 radical (unpaired) electrons. The van der Waals surface area contributed by atoms with Crippen molar-refractivity contribution >= 4 is 31.4 Å². The Morgan fingerprint density at radius 3 is 1.53 bits per heavy atom. The number of allylic oxidation sites excluding steroid dienone is 1. The standard InChI is InChI=1S/C23H22O4S3/c24-29(25,21-14-6-2-7-15-21)23(30(26,27)22-16-8-3-9-17-22)18-10-11-19-28-20-12-4-1-5-13-20/h1-17,23H,18-19H2/b11-10+. The van der Waals surface area contributed by atoms with E-state index in [-0.39, 0.29) is 16.2 Å². The zero-order valence-corrected chi connectivity index (χ0v) is 18.6. The molecule has 7 heteroatoms. The smallest absolute Gasteiger partial charge is 0.196 e. The van der Waals surface area contributed by atoms with Gasteiger partial charge in [-0.2, -0.15) is 0 Å². The van der Waals surface area contributed by atoms with Crippen molar-refractivity contribution in [3.05, 3.63) is 103 Å². The Labute approximate surface area is 182 Å². The van der Waals surface area contributed by atoms with E-state index in [0.717, 1.165) is 4.90 Å². The Kier molecular flexibility index (Phi) is 7.53. The molecule has 0 saturated heterocycles. The summed E-state index contributed by atoms with van der Waals surface area (Å²) >= 11 is 1.59. The first kappa shape index (κ1) is 22.3. The van der Waals surface area contributed by atoms with Crippen LogP contribution in [0.5, 0.6) is 0 Å². The lowest BCUT2D eigenvalue weighted by atomic mass is 10.4. The molecule has 0 heterocycles. The minimum atomic E-state index is -4.09. The van der Waals surface area contributed by atoms with Gasteiger partial charge in [-0.3, -0.25) is 0 Å². The van der Waals surface area contributed by atoms with E-state index < -0.39 is 24.3 Å². The lowest BCUT2D eigenvalue weighted by Gasteiger charge is -2.17. The largest absolute Gasteiger partial charge is 0.222 e. The van der Waals surface area contributed by atoms with Crippen molar-refractivity contribution in [2.75, 3.05) is 5.75 Å². The molecule has 0 N–H and O–H groups in total. The SMILES string of the molecule is O=S(=O)(c1ccccc1)C(C/C=C/CSc1ccccc1)S(=O)(=O)c1ccccc1. The summed E-state index contributed by atoms with van der Waals surface area (Å²) in [5.74, 6) is 0.619. The molecule has 3 aromatic rings. The van der Waals surface area contributed by atoms with E-state index in [0.29, 0.717) is 5.75 Å². The fourth-order valence-corrected chi connectivity index (χ4v) is 8.06. The molecule has 0 bridgehead atoms. The average molecular weight is 459 g/mol. The van der Waals surface area contributed by atoms with Crippen LogP contribution >= 0.6 is 11.8 Å². The fraction of sp³-hybridized carbons (Fsp3) is 0.130. The van der Waals surface area contributed by atoms with Crippen LogP contribution in [0.4, 0.5) is 0 Å². The minimum absolute atomic E-state index is 0.00145. The number of sulfone groups is 2. The zero-order valence-electron chi connectivity index (χ0n) is 16.2. The third-order valence-corrected chi connectivity index (χ3v) is 10.5. The first-order valence-corrected chi connectivity index (χ1v) is 13.4. The van der Waals surface area contributed by atoms with Crippen LogP contribution < -0.4 is 0 Å². The highest BCUT2D eigenvalue weighted by molar-refractivity contribution is 8.09. The molecule has 0 saturated carbocycles. The van der Waals surface area contributed by atoms with Gasteiger partial charge in [0.05, 0.1) is 9.79 Å². The molecule has 156 valence electrons. The molecular formula is C23H22O4S3. The van der Waals surface area contributed by atoms with Crippen LogP contribution in [0.2, 0.25) is 0 Å². The molecule has 0 aliphatic rings. The normalized spacial score (nSPS) is 12.4. The molecule has 30 heavy (non-hydrogen) atoms. The summed E-state index contributed by atoms with van der Waals surface area (Å²) in [6, 6.07) is 25.3. The third kappa shape index (κ3) is 5.41. The Morgan fingerprint density at radius 2 is 1.07 bits per heavy atom. The topological polar surface area (TPSA) is 68.3 Å². The summed E-state index contributed by atoms with van der Waals surface area (Å²) in [5.41, 5.74) is 0. The van der Waals surface area contributed by atoms with E-state index in [1.54, 1.807) is 54.2 Å². The highest BCUT2D eigenvalue weighted by atomic mass is 32.3. The molecule has 3 aromatic carbocycles. The van der Waals surface area contributed by atoms with E-state index >= 15 is 0 Å². The maximum atomic E-state index is 13.2. The quantitative estimate of drug-likeness (QED) is 0.333. The predicted molar refractivity (Wildman–Crippen MR) is 122 cm³/mol. The second-order valence-corrected chi connectivity index (χ2v) is 12.1. The average Bonchev–Trinajstić information content (AvgIpc) is 2.78. The third-order valence-electron chi connectivity index (χ3n) is 4.42. The van der Waals surface area contributed by atoms with Gasteiger partial charge in [-0.15, -0.1) is 11.8 Å². The monoisotopic (exact) mass is 458 g/mol. The number of benzene rings is 3. The molecule has 3 rings (SSSR count). The Morgan fingerprint density at radius 1 is 0.633 bits per heavy atom. The van der Waals surface area contributed by atoms with Crippen molar-refractivity contribution in [3.8, 4) is 0 Å². The molecule has 0 unspecified atom stereocenters. The first-order chi connectivity index (χ1) is 14.4. The lowest BCUT2D eigenvalue weighted by molar-refractivity contribution is 0.574. The van der Waals surface area contributed by atoms with Crippen LogP contribution in [-0.4, -0.2) is 27.2 Å². The second kappa shape index (κ2) is 10.1. The van der Waals surface area contributed by atoms with Gasteiger partial charge in [0.15, 0.2) is 24.3 Å².